The number of carbonyl (C=O) groups is 1. The van der Waals surface area contributed by atoms with Gasteiger partial charge in [0.2, 0.25) is 0 Å². The van der Waals surface area contributed by atoms with Crippen molar-refractivity contribution in [3.8, 4) is 28.1 Å². The minimum Gasteiger partial charge on any atom is -0.497 e. The minimum atomic E-state index is -3.82. The summed E-state index contributed by atoms with van der Waals surface area (Å²) in [6.45, 7) is 0. The van der Waals surface area contributed by atoms with E-state index in [9.17, 15) is 17.6 Å². The smallest absolute Gasteiger partial charge is 0.289 e. The Morgan fingerprint density at radius 2 is 1.89 bits per heavy atom. The Hall–Kier alpha value is -4.92. The normalized spacial score (nSPS) is 20.2. The molecule has 0 radical (unpaired) electrons. The van der Waals surface area contributed by atoms with Crippen molar-refractivity contribution in [1.29, 1.82) is 5.41 Å². The maximum Gasteiger partial charge on any atom is 0.289 e. The number of aromatic nitrogens is 4. The number of nitrogens with two attached hydrogens (primary N) is 2. The van der Waals surface area contributed by atoms with E-state index in [4.69, 9.17) is 26.6 Å². The van der Waals surface area contributed by atoms with Gasteiger partial charge in [-0.3, -0.25) is 15.2 Å². The molecule has 2 fully saturated rings. The van der Waals surface area contributed by atoms with Gasteiger partial charge in [-0.15, -0.1) is 0 Å². The molecule has 2 saturated heterocycles. The zero-order chi connectivity index (χ0) is 31.3. The number of fused-ring (bicyclic) bond motifs is 3. The number of halogens is 1. The van der Waals surface area contributed by atoms with E-state index in [1.165, 1.54) is 23.9 Å². The molecule has 6 rings (SSSR count). The number of amidine groups is 1. The Balaban J connectivity index is 1.39. The van der Waals surface area contributed by atoms with Gasteiger partial charge in [-0.1, -0.05) is 6.07 Å². The van der Waals surface area contributed by atoms with Gasteiger partial charge in [0, 0.05) is 53.2 Å². The summed E-state index contributed by atoms with van der Waals surface area (Å²) in [6, 6.07) is 7.57. The summed E-state index contributed by atoms with van der Waals surface area (Å²) in [6.07, 6.45) is 7.28. The van der Waals surface area contributed by atoms with E-state index < -0.39 is 21.6 Å². The summed E-state index contributed by atoms with van der Waals surface area (Å²) in [5.74, 6) is -1.14. The Bertz CT molecular complexity index is 1930. The molecule has 5 heterocycles. The van der Waals surface area contributed by atoms with Crippen molar-refractivity contribution in [2.45, 2.75) is 48.6 Å². The molecule has 1 amide bonds. The molecule has 15 heteroatoms. The Labute approximate surface area is 252 Å². The van der Waals surface area contributed by atoms with Crippen molar-refractivity contribution in [3.63, 3.8) is 0 Å². The number of nitrogen functional groups attached to an aromatic ring is 1. The van der Waals surface area contributed by atoms with Crippen molar-refractivity contribution >= 4 is 39.4 Å². The number of aliphatic imine (C=N–C) groups is 1. The fraction of sp³-hybridized carbons (Fsp3) is 0.310. The number of carbonyl (C=O) groups excluding carboxylic acids is 1. The molecule has 2 bridgehead atoms. The zero-order valence-electron chi connectivity index (χ0n) is 23.9. The molecule has 4 aromatic rings. The quantitative estimate of drug-likeness (QED) is 0.215. The number of nitrogens with one attached hydrogen (secondary N) is 1. The number of rotatable bonds is 6. The first-order valence-corrected chi connectivity index (χ1v) is 15.7. The van der Waals surface area contributed by atoms with Gasteiger partial charge >= 0.3 is 0 Å². The number of pyridine rings is 1. The monoisotopic (exact) mass is 619 g/mol. The van der Waals surface area contributed by atoms with Crippen LogP contribution < -0.4 is 16.2 Å². The van der Waals surface area contributed by atoms with Crippen LogP contribution in [0.15, 0.2) is 52.6 Å². The fourth-order valence-electron chi connectivity index (χ4n) is 6.41. The lowest BCUT2D eigenvalue weighted by Crippen LogP contribution is -2.50. The first-order chi connectivity index (χ1) is 21.0. The number of sulfone groups is 1. The van der Waals surface area contributed by atoms with Crippen molar-refractivity contribution in [3.05, 3.63) is 54.2 Å². The molecule has 13 nitrogen and oxygen atoms in total. The lowest BCUT2D eigenvalue weighted by molar-refractivity contribution is -0.128. The lowest BCUT2D eigenvalue weighted by Gasteiger charge is -2.39. The molecule has 44 heavy (non-hydrogen) atoms. The van der Waals surface area contributed by atoms with Gasteiger partial charge < -0.3 is 21.1 Å². The summed E-state index contributed by atoms with van der Waals surface area (Å²) < 4.78 is 47.2. The van der Waals surface area contributed by atoms with Gasteiger partial charge in [0.05, 0.1) is 24.7 Å². The number of methoxy groups -OCH3 is 1. The van der Waals surface area contributed by atoms with Crippen LogP contribution in [0, 0.1) is 11.2 Å². The predicted octanol–water partition coefficient (Wildman–Crippen LogP) is 2.79. The van der Waals surface area contributed by atoms with Crippen molar-refractivity contribution in [2.75, 3.05) is 19.1 Å². The molecule has 0 spiro atoms. The molecule has 2 atom stereocenters. The van der Waals surface area contributed by atoms with Crippen LogP contribution in [0.3, 0.4) is 0 Å². The van der Waals surface area contributed by atoms with Crippen molar-refractivity contribution in [1.82, 2.24) is 24.5 Å². The van der Waals surface area contributed by atoms with E-state index in [2.05, 4.69) is 15.1 Å². The van der Waals surface area contributed by atoms with E-state index in [1.807, 2.05) is 0 Å². The first kappa shape index (κ1) is 29.2. The van der Waals surface area contributed by atoms with E-state index in [0.717, 1.165) is 25.4 Å². The maximum atomic E-state index is 14.7. The third kappa shape index (κ3) is 4.92. The number of nitrogens with zero attached hydrogens (tertiary/aromatic N) is 6. The second-order valence-electron chi connectivity index (χ2n) is 11.0. The molecule has 2 aliphatic heterocycles. The van der Waals surface area contributed by atoms with Crippen LogP contribution in [-0.2, 0) is 14.6 Å². The maximum absolute atomic E-state index is 14.7. The fourth-order valence-corrected chi connectivity index (χ4v) is 7.47. The third-order valence-electron chi connectivity index (χ3n) is 8.34. The molecule has 3 aromatic heterocycles. The van der Waals surface area contributed by atoms with E-state index in [-0.39, 0.29) is 34.6 Å². The molecule has 2 aliphatic rings. The molecule has 2 unspecified atom stereocenters. The lowest BCUT2D eigenvalue weighted by atomic mass is 9.87. The average Bonchev–Trinajstić information content (AvgIpc) is 3.54. The Morgan fingerprint density at radius 3 is 2.48 bits per heavy atom. The number of benzene rings is 1. The highest BCUT2D eigenvalue weighted by molar-refractivity contribution is 7.91. The van der Waals surface area contributed by atoms with E-state index >= 15 is 0 Å². The summed E-state index contributed by atoms with van der Waals surface area (Å²) in [7, 11) is -2.36. The summed E-state index contributed by atoms with van der Waals surface area (Å²) in [4.78, 5) is 27.5. The second-order valence-corrected chi connectivity index (χ2v) is 12.9. The second kappa shape index (κ2) is 11.0. The number of anilines is 1. The van der Waals surface area contributed by atoms with Crippen LogP contribution in [0.4, 0.5) is 10.2 Å². The molecule has 1 aromatic carbocycles. The number of piperidine rings is 1. The summed E-state index contributed by atoms with van der Waals surface area (Å²) in [5.41, 5.74) is 14.9. The number of hydrogen-bond donors (Lipinski definition) is 3. The van der Waals surface area contributed by atoms with Crippen LogP contribution in [0.25, 0.3) is 28.0 Å². The van der Waals surface area contributed by atoms with Gasteiger partial charge in [-0.25, -0.2) is 22.8 Å². The third-order valence-corrected chi connectivity index (χ3v) is 9.50. The highest BCUT2D eigenvalue weighted by atomic mass is 32.2. The predicted molar refractivity (Wildman–Crippen MR) is 162 cm³/mol. The van der Waals surface area contributed by atoms with Crippen LogP contribution in [0.5, 0.6) is 5.75 Å². The number of ether oxygens (including phenoxy) is 1. The largest absolute Gasteiger partial charge is 0.497 e. The SMILES string of the molecule is COc1ccc(-c2ccc(-c3cnn4c(N)c(S(C)(=O)=O)c(C5CC6CCC(C5)N6C(=O)C(N)=NC=N)nc34)cn2)c(F)c1. The van der Waals surface area contributed by atoms with Crippen molar-refractivity contribution in [2.24, 2.45) is 10.7 Å². The highest BCUT2D eigenvalue weighted by Crippen LogP contribution is 2.45. The summed E-state index contributed by atoms with van der Waals surface area (Å²) in [5, 5.41) is 11.5. The molecular weight excluding hydrogens is 589 g/mol. The molecular formula is C29H30FN9O4S. The standard InChI is InChI=1S/C29H30FN9O4S/c1-43-19-6-7-20(22(30)11-19)23-8-3-15(12-34-23)21-13-36-39-27(33)25(44(2,41)42)24(37-28(21)39)16-9-17-4-5-18(10-16)38(17)29(40)26(32)35-14-31/h3,6-8,11-14,16-18H,4-5,9-10,33H2,1-2H3,(H3,31,32,35). The van der Waals surface area contributed by atoms with Crippen LogP contribution in [-0.4, -0.2) is 76.4 Å². The Morgan fingerprint density at radius 1 is 1.16 bits per heavy atom. The highest BCUT2D eigenvalue weighted by Gasteiger charge is 2.46. The number of hydrogen-bond acceptors (Lipinski definition) is 9. The van der Waals surface area contributed by atoms with Crippen LogP contribution >= 0.6 is 0 Å². The van der Waals surface area contributed by atoms with Crippen molar-refractivity contribution < 1.29 is 22.3 Å². The first-order valence-electron chi connectivity index (χ1n) is 13.8. The van der Waals surface area contributed by atoms with Crippen LogP contribution in [0.2, 0.25) is 0 Å². The number of amides is 1. The van der Waals surface area contributed by atoms with E-state index in [0.29, 0.717) is 52.3 Å². The van der Waals surface area contributed by atoms with Crippen LogP contribution in [0.1, 0.15) is 37.3 Å². The zero-order valence-corrected chi connectivity index (χ0v) is 24.8. The van der Waals surface area contributed by atoms with E-state index in [1.54, 1.807) is 35.4 Å². The molecule has 0 saturated carbocycles. The Kier molecular flexibility index (Phi) is 7.27. The summed E-state index contributed by atoms with van der Waals surface area (Å²) >= 11 is 0. The topological polar surface area (TPSA) is 195 Å². The van der Waals surface area contributed by atoms with Gasteiger partial charge in [-0.2, -0.15) is 9.61 Å². The average molecular weight is 620 g/mol. The van der Waals surface area contributed by atoms with Gasteiger partial charge in [-0.05, 0) is 43.9 Å². The molecule has 5 N–H and O–H groups in total. The minimum absolute atomic E-state index is 0.0585. The van der Waals surface area contributed by atoms with Gasteiger partial charge in [0.15, 0.2) is 21.3 Å². The van der Waals surface area contributed by atoms with Gasteiger partial charge in [0.25, 0.3) is 5.91 Å². The molecule has 228 valence electrons. The van der Waals surface area contributed by atoms with Gasteiger partial charge in [0.1, 0.15) is 28.6 Å². The molecule has 0 aliphatic carbocycles.